The molecule has 1 heterocycles. The molecule has 0 bridgehead atoms. The van der Waals surface area contributed by atoms with Crippen LogP contribution in [0.3, 0.4) is 0 Å². The third-order valence-corrected chi connectivity index (χ3v) is 4.59. The van der Waals surface area contributed by atoms with E-state index in [9.17, 15) is 4.39 Å². The molecule has 0 atom stereocenters. The fourth-order valence-electron chi connectivity index (χ4n) is 2.37. The number of hydrogen-bond donors (Lipinski definition) is 0. The topological polar surface area (TPSA) is 16.1 Å². The highest BCUT2D eigenvalue weighted by atomic mass is 35.5. The van der Waals surface area contributed by atoms with Crippen LogP contribution in [0.25, 0.3) is 22.0 Å². The zero-order chi connectivity index (χ0) is 16.2. The van der Waals surface area contributed by atoms with Crippen LogP contribution in [-0.2, 0) is 0 Å². The number of hydrogen-bond acceptors (Lipinski definition) is 3. The average molecular weight is 363 g/mol. The van der Waals surface area contributed by atoms with Gasteiger partial charge in [0.15, 0.2) is 0 Å². The Morgan fingerprint density at radius 2 is 1.75 bits per heavy atom. The van der Waals surface area contributed by atoms with Crippen molar-refractivity contribution in [2.45, 2.75) is 5.03 Å². The molecule has 3 rings (SSSR count). The lowest BCUT2D eigenvalue weighted by Crippen LogP contribution is -2.14. The van der Waals surface area contributed by atoms with Crippen LogP contribution in [0.2, 0.25) is 0 Å². The highest BCUT2D eigenvalue weighted by Gasteiger charge is 2.10. The Morgan fingerprint density at radius 3 is 2.46 bits per heavy atom. The maximum absolute atomic E-state index is 13.2. The maximum atomic E-state index is 13.2. The fraction of sp³-hybridized carbons (Fsp3) is 0.211. The summed E-state index contributed by atoms with van der Waals surface area (Å²) in [6, 6.07) is 16.9. The number of fused-ring (bicyclic) bond motifs is 1. The molecule has 0 saturated heterocycles. The third kappa shape index (κ3) is 4.47. The summed E-state index contributed by atoms with van der Waals surface area (Å²) in [4.78, 5) is 6.98. The van der Waals surface area contributed by atoms with Gasteiger partial charge in [0, 0.05) is 23.2 Å². The van der Waals surface area contributed by atoms with Crippen LogP contribution in [0.4, 0.5) is 4.39 Å². The van der Waals surface area contributed by atoms with E-state index in [0.717, 1.165) is 39.4 Å². The highest BCUT2D eigenvalue weighted by molar-refractivity contribution is 7.99. The SMILES string of the molecule is CN(C)CCSc1nc2ccccc2cc1-c1ccc(F)cc1.Cl. The lowest BCUT2D eigenvalue weighted by Gasteiger charge is -2.13. The highest BCUT2D eigenvalue weighted by Crippen LogP contribution is 2.32. The van der Waals surface area contributed by atoms with Crippen LogP contribution >= 0.6 is 24.2 Å². The summed E-state index contributed by atoms with van der Waals surface area (Å²) in [5, 5.41) is 2.10. The molecular formula is C19H20ClFN2S. The van der Waals surface area contributed by atoms with Gasteiger partial charge in [-0.25, -0.2) is 9.37 Å². The minimum absolute atomic E-state index is 0. The second kappa shape index (κ2) is 8.47. The quantitative estimate of drug-likeness (QED) is 0.586. The number of para-hydroxylation sites is 1. The number of thioether (sulfide) groups is 1. The van der Waals surface area contributed by atoms with E-state index in [1.807, 2.05) is 30.3 Å². The zero-order valence-electron chi connectivity index (χ0n) is 13.7. The largest absolute Gasteiger partial charge is 0.309 e. The zero-order valence-corrected chi connectivity index (χ0v) is 15.3. The molecule has 0 fully saturated rings. The van der Waals surface area contributed by atoms with E-state index in [0.29, 0.717) is 0 Å². The molecule has 2 aromatic carbocycles. The van der Waals surface area contributed by atoms with Crippen molar-refractivity contribution in [1.29, 1.82) is 0 Å². The van der Waals surface area contributed by atoms with Gasteiger partial charge < -0.3 is 4.90 Å². The van der Waals surface area contributed by atoms with E-state index in [1.165, 1.54) is 12.1 Å². The lowest BCUT2D eigenvalue weighted by atomic mass is 10.1. The number of aromatic nitrogens is 1. The molecule has 5 heteroatoms. The van der Waals surface area contributed by atoms with Gasteiger partial charge in [-0.3, -0.25) is 0 Å². The maximum Gasteiger partial charge on any atom is 0.123 e. The Labute approximate surface area is 152 Å². The standard InChI is InChI=1S/C19H19FN2S.ClH/c1-22(2)11-12-23-19-17(14-7-9-16(20)10-8-14)13-15-5-3-4-6-18(15)21-19;/h3-10,13H,11-12H2,1-2H3;1H. The molecule has 0 aliphatic carbocycles. The molecule has 0 N–H and O–H groups in total. The van der Waals surface area contributed by atoms with E-state index in [2.05, 4.69) is 31.1 Å². The fourth-order valence-corrected chi connectivity index (χ4v) is 3.51. The van der Waals surface area contributed by atoms with Crippen molar-refractivity contribution in [3.8, 4) is 11.1 Å². The molecule has 3 aromatic rings. The van der Waals surface area contributed by atoms with Crippen LogP contribution in [0.15, 0.2) is 59.6 Å². The molecule has 0 saturated carbocycles. The van der Waals surface area contributed by atoms with E-state index in [1.54, 1.807) is 11.8 Å². The molecule has 0 unspecified atom stereocenters. The molecule has 126 valence electrons. The van der Waals surface area contributed by atoms with Crippen molar-refractivity contribution in [3.63, 3.8) is 0 Å². The average Bonchev–Trinajstić information content (AvgIpc) is 2.55. The monoisotopic (exact) mass is 362 g/mol. The normalized spacial score (nSPS) is 10.8. The van der Waals surface area contributed by atoms with E-state index in [4.69, 9.17) is 4.98 Å². The minimum Gasteiger partial charge on any atom is -0.309 e. The smallest absolute Gasteiger partial charge is 0.123 e. The predicted octanol–water partition coefficient (Wildman–Crippen LogP) is 5.12. The van der Waals surface area contributed by atoms with Gasteiger partial charge in [0.1, 0.15) is 10.8 Å². The van der Waals surface area contributed by atoms with Crippen LogP contribution in [0, 0.1) is 5.82 Å². The van der Waals surface area contributed by atoms with Gasteiger partial charge in [0.05, 0.1) is 5.52 Å². The van der Waals surface area contributed by atoms with Crippen molar-refractivity contribution in [3.05, 3.63) is 60.4 Å². The van der Waals surface area contributed by atoms with Crippen LogP contribution in [0.5, 0.6) is 0 Å². The molecule has 2 nitrogen and oxygen atoms in total. The number of rotatable bonds is 5. The Morgan fingerprint density at radius 1 is 1.04 bits per heavy atom. The van der Waals surface area contributed by atoms with Gasteiger partial charge in [-0.05, 0) is 43.9 Å². The van der Waals surface area contributed by atoms with E-state index >= 15 is 0 Å². The van der Waals surface area contributed by atoms with Crippen molar-refractivity contribution < 1.29 is 4.39 Å². The molecule has 1 aromatic heterocycles. The number of halogens is 2. The molecule has 0 radical (unpaired) electrons. The Kier molecular flexibility index (Phi) is 6.60. The molecule has 24 heavy (non-hydrogen) atoms. The summed E-state index contributed by atoms with van der Waals surface area (Å²) in [6.07, 6.45) is 0. The van der Waals surface area contributed by atoms with Gasteiger partial charge in [0.2, 0.25) is 0 Å². The van der Waals surface area contributed by atoms with Gasteiger partial charge >= 0.3 is 0 Å². The Hall–Kier alpha value is -1.62. The van der Waals surface area contributed by atoms with E-state index < -0.39 is 0 Å². The first-order valence-electron chi connectivity index (χ1n) is 7.57. The summed E-state index contributed by atoms with van der Waals surface area (Å²) in [5.74, 6) is 0.747. The molecule has 0 spiro atoms. The van der Waals surface area contributed by atoms with Crippen molar-refractivity contribution >= 4 is 35.1 Å². The first kappa shape index (κ1) is 18.7. The van der Waals surface area contributed by atoms with Gasteiger partial charge in [0.25, 0.3) is 0 Å². The van der Waals surface area contributed by atoms with E-state index in [-0.39, 0.29) is 18.2 Å². The van der Waals surface area contributed by atoms with Crippen LogP contribution < -0.4 is 0 Å². The lowest BCUT2D eigenvalue weighted by molar-refractivity contribution is 0.437. The molecule has 0 amide bonds. The van der Waals surface area contributed by atoms with Crippen LogP contribution in [-0.4, -0.2) is 36.3 Å². The number of pyridine rings is 1. The Balaban J connectivity index is 0.00000208. The summed E-state index contributed by atoms with van der Waals surface area (Å²) < 4.78 is 13.2. The van der Waals surface area contributed by atoms with Gasteiger partial charge in [-0.2, -0.15) is 0 Å². The van der Waals surface area contributed by atoms with Crippen molar-refractivity contribution in [2.75, 3.05) is 26.4 Å². The summed E-state index contributed by atoms with van der Waals surface area (Å²) in [5.41, 5.74) is 3.05. The first-order chi connectivity index (χ1) is 11.1. The molecule has 0 aliphatic rings. The van der Waals surface area contributed by atoms with Crippen molar-refractivity contribution in [1.82, 2.24) is 9.88 Å². The van der Waals surface area contributed by atoms with Gasteiger partial charge in [-0.1, -0.05) is 30.3 Å². The second-order valence-electron chi connectivity index (χ2n) is 5.69. The first-order valence-corrected chi connectivity index (χ1v) is 8.55. The minimum atomic E-state index is -0.218. The predicted molar refractivity (Wildman–Crippen MR) is 104 cm³/mol. The summed E-state index contributed by atoms with van der Waals surface area (Å²) >= 11 is 1.74. The number of nitrogens with zero attached hydrogens (tertiary/aromatic N) is 2. The van der Waals surface area contributed by atoms with Crippen molar-refractivity contribution in [2.24, 2.45) is 0 Å². The van der Waals surface area contributed by atoms with Gasteiger partial charge in [-0.15, -0.1) is 24.2 Å². The second-order valence-corrected chi connectivity index (χ2v) is 6.78. The summed E-state index contributed by atoms with van der Waals surface area (Å²) in [7, 11) is 4.13. The third-order valence-electron chi connectivity index (χ3n) is 3.62. The summed E-state index contributed by atoms with van der Waals surface area (Å²) in [6.45, 7) is 0.988. The van der Waals surface area contributed by atoms with Crippen LogP contribution in [0.1, 0.15) is 0 Å². The molecular weight excluding hydrogens is 343 g/mol. The Bertz CT molecular complexity index is 806. The number of benzene rings is 2. The molecule has 0 aliphatic heterocycles.